The van der Waals surface area contributed by atoms with Gasteiger partial charge in [0.15, 0.2) is 11.5 Å². The number of amides is 1. The molecule has 3 aromatic rings. The van der Waals surface area contributed by atoms with Crippen LogP contribution in [0.2, 0.25) is 0 Å². The number of aryl methyl sites for hydroxylation is 1. The predicted molar refractivity (Wildman–Crippen MR) is 87.1 cm³/mol. The van der Waals surface area contributed by atoms with E-state index in [0.717, 1.165) is 5.69 Å². The third-order valence-electron chi connectivity index (χ3n) is 3.54. The molecule has 0 spiro atoms. The molecule has 1 aromatic carbocycles. The van der Waals surface area contributed by atoms with Gasteiger partial charge in [-0.3, -0.25) is 14.6 Å². The molecular weight excluding hydrogens is 311 g/mol. The van der Waals surface area contributed by atoms with Crippen molar-refractivity contribution in [3.63, 3.8) is 0 Å². The van der Waals surface area contributed by atoms with Gasteiger partial charge in [0.1, 0.15) is 12.1 Å². The van der Waals surface area contributed by atoms with Crippen LogP contribution in [0.25, 0.3) is 11.4 Å². The largest absolute Gasteiger partial charge is 0.321 e. The zero-order chi connectivity index (χ0) is 17.3. The van der Waals surface area contributed by atoms with Gasteiger partial charge in [0, 0.05) is 17.4 Å². The van der Waals surface area contributed by atoms with Crippen molar-refractivity contribution in [2.24, 2.45) is 0 Å². The number of H-pyrrole nitrogens is 1. The molecule has 2 heterocycles. The maximum atomic E-state index is 13.9. The summed E-state index contributed by atoms with van der Waals surface area (Å²) in [5.41, 5.74) is 1.89. The SMILES string of the molecule is Cc1cc(C(=O)Nc2ccc(F)c(-c3ncn[nH]3)c2)nn1C(C)C. The normalized spacial score (nSPS) is 11.0. The van der Waals surface area contributed by atoms with Crippen LogP contribution in [0.3, 0.4) is 0 Å². The van der Waals surface area contributed by atoms with E-state index in [-0.39, 0.29) is 17.5 Å². The molecule has 2 N–H and O–H groups in total. The fourth-order valence-corrected chi connectivity index (χ4v) is 2.44. The summed E-state index contributed by atoms with van der Waals surface area (Å²) in [6.45, 7) is 5.88. The number of rotatable bonds is 4. The summed E-state index contributed by atoms with van der Waals surface area (Å²) in [6, 6.07) is 6.14. The van der Waals surface area contributed by atoms with Crippen LogP contribution in [0.4, 0.5) is 10.1 Å². The first-order valence-corrected chi connectivity index (χ1v) is 7.48. The minimum absolute atomic E-state index is 0.162. The van der Waals surface area contributed by atoms with Crippen molar-refractivity contribution in [3.8, 4) is 11.4 Å². The van der Waals surface area contributed by atoms with E-state index >= 15 is 0 Å². The molecule has 0 atom stereocenters. The van der Waals surface area contributed by atoms with E-state index in [2.05, 4.69) is 25.6 Å². The van der Waals surface area contributed by atoms with E-state index in [1.807, 2.05) is 20.8 Å². The first-order chi connectivity index (χ1) is 11.5. The number of aromatic nitrogens is 5. The molecular formula is C16H17FN6O. The highest BCUT2D eigenvalue weighted by molar-refractivity contribution is 6.03. The van der Waals surface area contributed by atoms with Crippen LogP contribution in [-0.2, 0) is 0 Å². The molecule has 7 nitrogen and oxygen atoms in total. The summed E-state index contributed by atoms with van der Waals surface area (Å²) < 4.78 is 15.7. The van der Waals surface area contributed by atoms with Crippen molar-refractivity contribution in [2.75, 3.05) is 5.32 Å². The average molecular weight is 328 g/mol. The number of carbonyl (C=O) groups is 1. The quantitative estimate of drug-likeness (QED) is 0.770. The number of carbonyl (C=O) groups excluding carboxylic acids is 1. The molecule has 0 bridgehead atoms. The second-order valence-electron chi connectivity index (χ2n) is 5.69. The Morgan fingerprint density at radius 1 is 1.33 bits per heavy atom. The lowest BCUT2D eigenvalue weighted by Crippen LogP contribution is -2.14. The molecule has 3 rings (SSSR count). The van der Waals surface area contributed by atoms with Crippen molar-refractivity contribution in [1.29, 1.82) is 0 Å². The second-order valence-corrected chi connectivity index (χ2v) is 5.69. The highest BCUT2D eigenvalue weighted by atomic mass is 19.1. The molecule has 124 valence electrons. The van der Waals surface area contributed by atoms with Crippen molar-refractivity contribution in [3.05, 3.63) is 47.8 Å². The Balaban J connectivity index is 1.85. The van der Waals surface area contributed by atoms with Crippen LogP contribution < -0.4 is 5.32 Å². The van der Waals surface area contributed by atoms with Crippen molar-refractivity contribution in [1.82, 2.24) is 25.0 Å². The minimum Gasteiger partial charge on any atom is -0.321 e. The fraction of sp³-hybridized carbons (Fsp3) is 0.250. The van der Waals surface area contributed by atoms with Crippen LogP contribution >= 0.6 is 0 Å². The Labute approximate surface area is 137 Å². The van der Waals surface area contributed by atoms with Gasteiger partial charge in [-0.2, -0.15) is 10.2 Å². The molecule has 0 fully saturated rings. The van der Waals surface area contributed by atoms with E-state index < -0.39 is 5.82 Å². The van der Waals surface area contributed by atoms with Crippen LogP contribution in [0.15, 0.2) is 30.6 Å². The molecule has 2 aromatic heterocycles. The minimum atomic E-state index is -0.454. The number of anilines is 1. The highest BCUT2D eigenvalue weighted by Crippen LogP contribution is 2.23. The Morgan fingerprint density at radius 2 is 2.12 bits per heavy atom. The lowest BCUT2D eigenvalue weighted by molar-refractivity contribution is 0.102. The van der Waals surface area contributed by atoms with Crippen molar-refractivity contribution in [2.45, 2.75) is 26.8 Å². The Kier molecular flexibility index (Phi) is 4.11. The zero-order valence-electron chi connectivity index (χ0n) is 13.5. The van der Waals surface area contributed by atoms with Crippen LogP contribution in [0, 0.1) is 12.7 Å². The molecule has 0 saturated heterocycles. The van der Waals surface area contributed by atoms with Crippen LogP contribution in [-0.4, -0.2) is 30.9 Å². The molecule has 0 aliphatic carbocycles. The molecule has 0 saturated carbocycles. The third-order valence-corrected chi connectivity index (χ3v) is 3.54. The molecule has 0 unspecified atom stereocenters. The van der Waals surface area contributed by atoms with Gasteiger partial charge in [-0.15, -0.1) is 0 Å². The Hall–Kier alpha value is -3.03. The maximum Gasteiger partial charge on any atom is 0.276 e. The summed E-state index contributed by atoms with van der Waals surface area (Å²) in [6.07, 6.45) is 1.29. The van der Waals surface area contributed by atoms with E-state index in [1.54, 1.807) is 10.7 Å². The second kappa shape index (κ2) is 6.23. The molecule has 1 amide bonds. The number of benzene rings is 1. The van der Waals surface area contributed by atoms with Crippen LogP contribution in [0.1, 0.15) is 36.1 Å². The van der Waals surface area contributed by atoms with Crippen molar-refractivity contribution >= 4 is 11.6 Å². The number of nitrogens with zero attached hydrogens (tertiary/aromatic N) is 4. The maximum absolute atomic E-state index is 13.9. The summed E-state index contributed by atoms with van der Waals surface area (Å²) in [7, 11) is 0. The summed E-state index contributed by atoms with van der Waals surface area (Å²) in [4.78, 5) is 16.3. The van der Waals surface area contributed by atoms with Gasteiger partial charge >= 0.3 is 0 Å². The van der Waals surface area contributed by atoms with E-state index in [4.69, 9.17) is 0 Å². The van der Waals surface area contributed by atoms with E-state index in [0.29, 0.717) is 17.2 Å². The van der Waals surface area contributed by atoms with Gasteiger partial charge in [-0.25, -0.2) is 9.37 Å². The number of hydrogen-bond donors (Lipinski definition) is 2. The summed E-state index contributed by atoms with van der Waals surface area (Å²) in [5, 5.41) is 13.3. The van der Waals surface area contributed by atoms with Crippen molar-refractivity contribution < 1.29 is 9.18 Å². The molecule has 8 heteroatoms. The van der Waals surface area contributed by atoms with Gasteiger partial charge in [0.2, 0.25) is 0 Å². The fourth-order valence-electron chi connectivity index (χ4n) is 2.44. The Morgan fingerprint density at radius 3 is 2.75 bits per heavy atom. The molecule has 0 radical (unpaired) electrons. The number of nitrogens with one attached hydrogen (secondary N) is 2. The smallest absolute Gasteiger partial charge is 0.276 e. The van der Waals surface area contributed by atoms with E-state index in [9.17, 15) is 9.18 Å². The molecule has 0 aliphatic heterocycles. The zero-order valence-corrected chi connectivity index (χ0v) is 13.5. The molecule has 0 aliphatic rings. The first-order valence-electron chi connectivity index (χ1n) is 7.48. The summed E-state index contributed by atoms with van der Waals surface area (Å²) in [5.74, 6) is -0.513. The van der Waals surface area contributed by atoms with Gasteiger partial charge in [-0.05, 0) is 45.0 Å². The lowest BCUT2D eigenvalue weighted by Gasteiger charge is -2.07. The lowest BCUT2D eigenvalue weighted by atomic mass is 10.1. The van der Waals surface area contributed by atoms with Gasteiger partial charge < -0.3 is 5.32 Å². The first kappa shape index (κ1) is 15.9. The predicted octanol–water partition coefficient (Wildman–Crippen LogP) is 2.95. The monoisotopic (exact) mass is 328 g/mol. The standard InChI is InChI=1S/C16H17FN6O/c1-9(2)23-10(3)6-14(22-23)16(24)20-11-4-5-13(17)12(7-11)15-18-8-19-21-15/h4-9H,1-3H3,(H,20,24)(H,18,19,21). The number of aromatic amines is 1. The van der Waals surface area contributed by atoms with Crippen LogP contribution in [0.5, 0.6) is 0 Å². The van der Waals surface area contributed by atoms with Gasteiger partial charge in [0.05, 0.1) is 5.56 Å². The highest BCUT2D eigenvalue weighted by Gasteiger charge is 2.15. The average Bonchev–Trinajstić information content (AvgIpc) is 3.18. The topological polar surface area (TPSA) is 88.5 Å². The molecule has 24 heavy (non-hydrogen) atoms. The third kappa shape index (κ3) is 3.03. The number of hydrogen-bond acceptors (Lipinski definition) is 4. The summed E-state index contributed by atoms with van der Waals surface area (Å²) >= 11 is 0. The van der Waals surface area contributed by atoms with Gasteiger partial charge in [-0.1, -0.05) is 0 Å². The van der Waals surface area contributed by atoms with E-state index in [1.165, 1.54) is 24.5 Å². The Bertz CT molecular complexity index is 869. The number of halogens is 1. The van der Waals surface area contributed by atoms with Gasteiger partial charge in [0.25, 0.3) is 5.91 Å².